The molecular formula is C34H52N2O6. The van der Waals surface area contributed by atoms with Gasteiger partial charge < -0.3 is 20.1 Å². The third-order valence-electron chi connectivity index (χ3n) is 7.14. The predicted molar refractivity (Wildman–Crippen MR) is 167 cm³/mol. The van der Waals surface area contributed by atoms with Crippen LogP contribution in [0.25, 0.3) is 0 Å². The molecule has 1 rings (SSSR count). The third kappa shape index (κ3) is 16.1. The number of hydrogen-bond donors (Lipinski definition) is 2. The van der Waals surface area contributed by atoms with Gasteiger partial charge in [0.15, 0.2) is 0 Å². The summed E-state index contributed by atoms with van der Waals surface area (Å²) >= 11 is 0. The highest BCUT2D eigenvalue weighted by Crippen LogP contribution is 2.15. The molecule has 0 aromatic heterocycles. The van der Waals surface area contributed by atoms with E-state index in [9.17, 15) is 19.2 Å². The zero-order chi connectivity index (χ0) is 31.3. The van der Waals surface area contributed by atoms with Gasteiger partial charge in [0, 0.05) is 24.1 Å². The molecule has 0 aliphatic carbocycles. The number of carbonyl (C=O) groups excluding carboxylic acids is 4. The first-order chi connectivity index (χ1) is 20.0. The molecule has 0 aliphatic heterocycles. The molecule has 0 saturated heterocycles. The van der Waals surface area contributed by atoms with Gasteiger partial charge in [-0.2, -0.15) is 0 Å². The van der Waals surface area contributed by atoms with Crippen LogP contribution in [0.4, 0.5) is 0 Å². The number of hydrogen-bond acceptors (Lipinski definition) is 6. The van der Waals surface area contributed by atoms with Gasteiger partial charge in [0.25, 0.3) is 0 Å². The minimum absolute atomic E-state index is 0.0226. The van der Waals surface area contributed by atoms with E-state index in [0.29, 0.717) is 36.5 Å². The average molecular weight is 585 g/mol. The predicted octanol–water partition coefficient (Wildman–Crippen LogP) is 6.38. The number of amides is 2. The number of benzene rings is 1. The molecule has 1 aromatic carbocycles. The smallest absolute Gasteiger partial charge is 0.338 e. The molecule has 0 heterocycles. The molecule has 42 heavy (non-hydrogen) atoms. The minimum atomic E-state index is -0.559. The zero-order valence-corrected chi connectivity index (χ0v) is 26.2. The van der Waals surface area contributed by atoms with Crippen molar-refractivity contribution in [3.8, 4) is 5.75 Å². The number of carbonyl (C=O) groups is 4. The number of aryl methyl sites for hydroxylation is 1. The Balaban J connectivity index is 2.24. The zero-order valence-electron chi connectivity index (χ0n) is 26.2. The summed E-state index contributed by atoms with van der Waals surface area (Å²) in [5, 5.41) is 5.94. The molecule has 1 aromatic rings. The van der Waals surface area contributed by atoms with Gasteiger partial charge in [0.1, 0.15) is 11.8 Å². The van der Waals surface area contributed by atoms with Crippen LogP contribution in [0, 0.1) is 5.92 Å². The Morgan fingerprint density at radius 1 is 0.810 bits per heavy atom. The summed E-state index contributed by atoms with van der Waals surface area (Å²) in [4.78, 5) is 48.5. The largest absolute Gasteiger partial charge is 0.462 e. The Labute approximate surface area is 252 Å². The quantitative estimate of drug-likeness (QED) is 0.0708. The number of unbranched alkanes of at least 4 members (excludes halogenated alkanes) is 8. The SMILES string of the molecule is C=C(C)C(=O)OCCCCCCCCCCCNC(=O)[C@@H](NC(=O)CCc1ccc(OC(=O)C(=C)C)cc1)[C@@H](C)CC. The topological polar surface area (TPSA) is 111 Å². The van der Waals surface area contributed by atoms with Crippen LogP contribution in [0.3, 0.4) is 0 Å². The molecule has 2 N–H and O–H groups in total. The summed E-state index contributed by atoms with van der Waals surface area (Å²) in [5.74, 6) is -0.632. The molecule has 0 fully saturated rings. The Hall–Kier alpha value is -3.42. The van der Waals surface area contributed by atoms with E-state index >= 15 is 0 Å². The van der Waals surface area contributed by atoms with Gasteiger partial charge >= 0.3 is 11.9 Å². The number of nitrogens with one attached hydrogen (secondary N) is 2. The molecule has 0 aliphatic rings. The highest BCUT2D eigenvalue weighted by Gasteiger charge is 2.25. The summed E-state index contributed by atoms with van der Waals surface area (Å²) in [6, 6.07) is 6.47. The van der Waals surface area contributed by atoms with Crippen molar-refractivity contribution in [3.63, 3.8) is 0 Å². The maximum atomic E-state index is 12.9. The van der Waals surface area contributed by atoms with Crippen LogP contribution in [-0.4, -0.2) is 42.9 Å². The van der Waals surface area contributed by atoms with Gasteiger partial charge in [-0.3, -0.25) is 9.59 Å². The maximum Gasteiger partial charge on any atom is 0.338 e. The van der Waals surface area contributed by atoms with Crippen molar-refractivity contribution in [2.75, 3.05) is 13.2 Å². The lowest BCUT2D eigenvalue weighted by molar-refractivity contribution is -0.139. The average Bonchev–Trinajstić information content (AvgIpc) is 2.96. The third-order valence-corrected chi connectivity index (χ3v) is 7.14. The van der Waals surface area contributed by atoms with Crippen LogP contribution in [0.5, 0.6) is 5.75 Å². The number of esters is 2. The Kier molecular flexibility index (Phi) is 18.6. The van der Waals surface area contributed by atoms with Crippen molar-refractivity contribution >= 4 is 23.8 Å². The number of rotatable bonds is 22. The number of ether oxygens (including phenoxy) is 2. The second-order valence-electron chi connectivity index (χ2n) is 11.1. The molecule has 0 bridgehead atoms. The van der Waals surface area contributed by atoms with Crippen molar-refractivity contribution < 1.29 is 28.7 Å². The first-order valence-corrected chi connectivity index (χ1v) is 15.4. The van der Waals surface area contributed by atoms with Crippen LogP contribution >= 0.6 is 0 Å². The van der Waals surface area contributed by atoms with E-state index in [4.69, 9.17) is 9.47 Å². The molecule has 8 nitrogen and oxygen atoms in total. The van der Waals surface area contributed by atoms with Crippen molar-refractivity contribution in [2.24, 2.45) is 5.92 Å². The molecule has 8 heteroatoms. The summed E-state index contributed by atoms with van der Waals surface area (Å²) in [7, 11) is 0. The van der Waals surface area contributed by atoms with Gasteiger partial charge in [-0.05, 0) is 56.7 Å². The van der Waals surface area contributed by atoms with Crippen LogP contribution in [0.15, 0.2) is 48.6 Å². The first-order valence-electron chi connectivity index (χ1n) is 15.4. The van der Waals surface area contributed by atoms with Gasteiger partial charge in [0.2, 0.25) is 11.8 Å². The maximum absolute atomic E-state index is 12.9. The summed E-state index contributed by atoms with van der Waals surface area (Å²) in [5.41, 5.74) is 1.70. The molecule has 234 valence electrons. The van der Waals surface area contributed by atoms with Crippen molar-refractivity contribution in [2.45, 2.75) is 111 Å². The lowest BCUT2D eigenvalue weighted by Crippen LogP contribution is -2.50. The second kappa shape index (κ2) is 21.3. The molecule has 0 unspecified atom stereocenters. The molecule has 0 radical (unpaired) electrons. The van der Waals surface area contributed by atoms with E-state index in [1.165, 1.54) is 19.3 Å². The summed E-state index contributed by atoms with van der Waals surface area (Å²) < 4.78 is 10.3. The Morgan fingerprint density at radius 2 is 1.36 bits per heavy atom. The molecule has 2 atom stereocenters. The van der Waals surface area contributed by atoms with E-state index in [0.717, 1.165) is 50.5 Å². The monoisotopic (exact) mass is 584 g/mol. The molecule has 0 spiro atoms. The lowest BCUT2D eigenvalue weighted by Gasteiger charge is -2.23. The van der Waals surface area contributed by atoms with E-state index in [1.807, 2.05) is 26.0 Å². The van der Waals surface area contributed by atoms with E-state index < -0.39 is 12.0 Å². The highest BCUT2D eigenvalue weighted by atomic mass is 16.5. The lowest BCUT2D eigenvalue weighted by atomic mass is 9.97. The van der Waals surface area contributed by atoms with Gasteiger partial charge in [-0.1, -0.05) is 90.5 Å². The fourth-order valence-corrected chi connectivity index (χ4v) is 4.20. The van der Waals surface area contributed by atoms with Crippen LogP contribution in [-0.2, 0) is 30.3 Å². The van der Waals surface area contributed by atoms with E-state index in [2.05, 4.69) is 23.8 Å². The fourth-order valence-electron chi connectivity index (χ4n) is 4.20. The molecule has 0 saturated carbocycles. The highest BCUT2D eigenvalue weighted by molar-refractivity contribution is 5.89. The van der Waals surface area contributed by atoms with Crippen molar-refractivity contribution in [3.05, 3.63) is 54.1 Å². The molecule has 2 amide bonds. The van der Waals surface area contributed by atoms with Crippen molar-refractivity contribution in [1.29, 1.82) is 0 Å². The Bertz CT molecular complexity index is 1020. The van der Waals surface area contributed by atoms with Crippen LogP contribution < -0.4 is 15.4 Å². The van der Waals surface area contributed by atoms with E-state index in [-0.39, 0.29) is 30.1 Å². The standard InChI is InChI=1S/C34H52N2O6/c1-7-27(6)31(36-30(37)22-19-28-17-20-29(21-18-28)42-34(40)26(4)5)32(38)35-23-15-13-11-9-8-10-12-14-16-24-41-33(39)25(2)3/h17-18,20-21,27,31H,2,4,7-16,19,22-24H2,1,3,5-6H3,(H,35,38)(H,36,37)/t27-,31-/m0/s1. The summed E-state index contributed by atoms with van der Waals surface area (Å²) in [6.07, 6.45) is 11.3. The van der Waals surface area contributed by atoms with E-state index in [1.54, 1.807) is 26.0 Å². The second-order valence-corrected chi connectivity index (χ2v) is 11.1. The minimum Gasteiger partial charge on any atom is -0.462 e. The fraction of sp³-hybridized carbons (Fsp3) is 0.588. The normalized spacial score (nSPS) is 12.1. The molecular weight excluding hydrogens is 532 g/mol. The van der Waals surface area contributed by atoms with Gasteiger partial charge in [-0.25, -0.2) is 9.59 Å². The van der Waals surface area contributed by atoms with Crippen molar-refractivity contribution in [1.82, 2.24) is 10.6 Å². The Morgan fingerprint density at radius 3 is 1.90 bits per heavy atom. The first kappa shape index (κ1) is 36.6. The van der Waals surface area contributed by atoms with Gasteiger partial charge in [0.05, 0.1) is 6.61 Å². The van der Waals surface area contributed by atoms with Gasteiger partial charge in [-0.15, -0.1) is 0 Å². The summed E-state index contributed by atoms with van der Waals surface area (Å²) in [6.45, 7) is 15.4. The van der Waals surface area contributed by atoms with Crippen LogP contribution in [0.1, 0.15) is 104 Å². The van der Waals surface area contributed by atoms with Crippen LogP contribution in [0.2, 0.25) is 0 Å².